The van der Waals surface area contributed by atoms with Gasteiger partial charge >= 0.3 is 0 Å². The van der Waals surface area contributed by atoms with E-state index in [4.69, 9.17) is 17.2 Å². The maximum absolute atomic E-state index is 13.8. The van der Waals surface area contributed by atoms with E-state index >= 15 is 0 Å². The maximum atomic E-state index is 13.8. The van der Waals surface area contributed by atoms with E-state index in [2.05, 4.69) is 20.8 Å². The number of carbonyl (C=O) groups is 3. The van der Waals surface area contributed by atoms with Crippen molar-refractivity contribution in [3.8, 4) is 0 Å². The third kappa shape index (κ3) is 6.59. The number of unbranched alkanes of at least 4 members (excludes halogenated alkanes) is 2. The first-order chi connectivity index (χ1) is 12.7. The summed E-state index contributed by atoms with van der Waals surface area (Å²) in [5.74, 6) is -1.60. The molecule has 6 nitrogen and oxygen atoms in total. The van der Waals surface area contributed by atoms with Gasteiger partial charge in [-0.2, -0.15) is 0 Å². The molecule has 0 aromatic carbocycles. The number of nitrogens with two attached hydrogens (primary N) is 3. The lowest BCUT2D eigenvalue weighted by Gasteiger charge is -2.44. The lowest BCUT2D eigenvalue weighted by Crippen LogP contribution is -2.64. The van der Waals surface area contributed by atoms with Gasteiger partial charge in [0.05, 0.1) is 0 Å². The molecule has 0 radical (unpaired) electrons. The molecule has 6 N–H and O–H groups in total. The zero-order valence-electron chi connectivity index (χ0n) is 17.8. The number of Topliss-reactive ketones (excluding diaryl/α,β-unsaturated/α-hetero) is 1. The molecule has 27 heavy (non-hydrogen) atoms. The van der Waals surface area contributed by atoms with Crippen molar-refractivity contribution in [2.45, 2.75) is 104 Å². The van der Waals surface area contributed by atoms with Crippen molar-refractivity contribution in [2.24, 2.45) is 28.5 Å². The minimum absolute atomic E-state index is 0.128. The average molecular weight is 384 g/mol. The van der Waals surface area contributed by atoms with Gasteiger partial charge in [0.1, 0.15) is 0 Å². The van der Waals surface area contributed by atoms with Crippen molar-refractivity contribution in [2.75, 3.05) is 0 Å². The van der Waals surface area contributed by atoms with Crippen LogP contribution in [0.1, 0.15) is 98.3 Å². The molecule has 0 spiro atoms. The average Bonchev–Trinajstić information content (AvgIpc) is 2.64. The van der Waals surface area contributed by atoms with Crippen molar-refractivity contribution < 1.29 is 14.4 Å². The summed E-state index contributed by atoms with van der Waals surface area (Å²) in [5, 5.41) is 0. The molecule has 0 saturated heterocycles. The molecular weight excluding hydrogens is 342 g/mol. The van der Waals surface area contributed by atoms with Crippen LogP contribution in [0.5, 0.6) is 0 Å². The molecule has 0 aliphatic heterocycles. The number of hydrogen-bond acceptors (Lipinski definition) is 4. The summed E-state index contributed by atoms with van der Waals surface area (Å²) in [5.41, 5.74) is 14.6. The molecule has 0 aliphatic carbocycles. The van der Waals surface area contributed by atoms with Crippen molar-refractivity contribution in [3.63, 3.8) is 0 Å². The van der Waals surface area contributed by atoms with E-state index in [-0.39, 0.29) is 24.5 Å². The summed E-state index contributed by atoms with van der Waals surface area (Å²) in [6.45, 7) is 8.33. The summed E-state index contributed by atoms with van der Waals surface area (Å²) < 4.78 is 0. The van der Waals surface area contributed by atoms with E-state index in [1.54, 1.807) is 0 Å². The van der Waals surface area contributed by atoms with Gasteiger partial charge in [-0.3, -0.25) is 14.4 Å². The standard InChI is InChI=1S/C21H41N3O3/c1-5-9-12-16(11-7-3)20(8-4,14-10-6-2)18(26)21(24,19(23)27)15-13-17(22)25/h16H,5-15,24H2,1-4H3,(H2,22,25)(H2,23,27). The molecule has 0 heterocycles. The zero-order valence-corrected chi connectivity index (χ0v) is 17.8. The van der Waals surface area contributed by atoms with E-state index in [9.17, 15) is 14.4 Å². The highest BCUT2D eigenvalue weighted by Gasteiger charge is 2.53. The van der Waals surface area contributed by atoms with Crippen LogP contribution >= 0.6 is 0 Å². The Hall–Kier alpha value is -1.43. The van der Waals surface area contributed by atoms with Crippen LogP contribution in [0.15, 0.2) is 0 Å². The Labute approximate surface area is 165 Å². The Morgan fingerprint density at radius 3 is 1.85 bits per heavy atom. The molecule has 3 atom stereocenters. The first-order valence-corrected chi connectivity index (χ1v) is 10.6. The second kappa shape index (κ2) is 12.1. The summed E-state index contributed by atoms with van der Waals surface area (Å²) in [6, 6.07) is 0. The van der Waals surface area contributed by atoms with E-state index < -0.39 is 22.8 Å². The highest BCUT2D eigenvalue weighted by atomic mass is 16.2. The molecule has 0 fully saturated rings. The minimum atomic E-state index is -1.85. The predicted molar refractivity (Wildman–Crippen MR) is 110 cm³/mol. The maximum Gasteiger partial charge on any atom is 0.245 e. The predicted octanol–water partition coefficient (Wildman–Crippen LogP) is 3.20. The Morgan fingerprint density at radius 2 is 1.44 bits per heavy atom. The van der Waals surface area contributed by atoms with Gasteiger partial charge in [-0.15, -0.1) is 0 Å². The second-order valence-corrected chi connectivity index (χ2v) is 7.87. The van der Waals surface area contributed by atoms with E-state index in [0.717, 1.165) is 44.9 Å². The van der Waals surface area contributed by atoms with Gasteiger partial charge in [0.2, 0.25) is 11.8 Å². The minimum Gasteiger partial charge on any atom is -0.370 e. The van der Waals surface area contributed by atoms with Crippen LogP contribution in [0.2, 0.25) is 0 Å². The SMILES string of the molecule is CCCCC(CCC)C(CC)(CCCC)C(=O)C(N)(CCC(N)=O)C(N)=O. The van der Waals surface area contributed by atoms with Crippen LogP contribution < -0.4 is 17.2 Å². The van der Waals surface area contributed by atoms with Gasteiger partial charge in [0.15, 0.2) is 11.3 Å². The summed E-state index contributed by atoms with van der Waals surface area (Å²) >= 11 is 0. The van der Waals surface area contributed by atoms with Gasteiger partial charge in [-0.05, 0) is 38.0 Å². The highest BCUT2D eigenvalue weighted by Crippen LogP contribution is 2.46. The molecule has 0 saturated carbocycles. The van der Waals surface area contributed by atoms with Gasteiger partial charge in [-0.25, -0.2) is 0 Å². The molecule has 0 aliphatic rings. The van der Waals surface area contributed by atoms with Crippen LogP contribution in [0, 0.1) is 11.3 Å². The van der Waals surface area contributed by atoms with Gasteiger partial charge in [0, 0.05) is 11.8 Å². The summed E-state index contributed by atoms with van der Waals surface area (Å²) in [7, 11) is 0. The number of carbonyl (C=O) groups excluding carboxylic acids is 3. The molecule has 0 rings (SSSR count). The topological polar surface area (TPSA) is 129 Å². The van der Waals surface area contributed by atoms with E-state index in [1.165, 1.54) is 0 Å². The molecule has 0 bridgehead atoms. The van der Waals surface area contributed by atoms with E-state index in [0.29, 0.717) is 12.8 Å². The Morgan fingerprint density at radius 1 is 0.852 bits per heavy atom. The monoisotopic (exact) mass is 383 g/mol. The molecule has 3 unspecified atom stereocenters. The number of hydrogen-bond donors (Lipinski definition) is 3. The first-order valence-electron chi connectivity index (χ1n) is 10.6. The molecule has 0 aromatic rings. The van der Waals surface area contributed by atoms with Gasteiger partial charge < -0.3 is 17.2 Å². The highest BCUT2D eigenvalue weighted by molar-refractivity contribution is 6.12. The summed E-state index contributed by atoms with van der Waals surface area (Å²) in [6.07, 6.45) is 7.77. The molecule has 0 aromatic heterocycles. The number of rotatable bonds is 16. The quantitative estimate of drug-likeness (QED) is 0.353. The fourth-order valence-corrected chi connectivity index (χ4v) is 4.23. The number of ketones is 1. The van der Waals surface area contributed by atoms with Crippen LogP contribution in [0.4, 0.5) is 0 Å². The number of primary amides is 2. The van der Waals surface area contributed by atoms with Gasteiger partial charge in [0.25, 0.3) is 0 Å². The zero-order chi connectivity index (χ0) is 21.1. The van der Waals surface area contributed by atoms with Crippen LogP contribution in [0.3, 0.4) is 0 Å². The Balaban J connectivity index is 6.14. The lowest BCUT2D eigenvalue weighted by molar-refractivity contribution is -0.145. The van der Waals surface area contributed by atoms with E-state index in [1.807, 2.05) is 6.92 Å². The fraction of sp³-hybridized carbons (Fsp3) is 0.857. The molecule has 2 amide bonds. The van der Waals surface area contributed by atoms with Crippen molar-refractivity contribution >= 4 is 17.6 Å². The fourth-order valence-electron chi connectivity index (χ4n) is 4.23. The largest absolute Gasteiger partial charge is 0.370 e. The van der Waals surface area contributed by atoms with Crippen molar-refractivity contribution in [1.82, 2.24) is 0 Å². The third-order valence-electron chi connectivity index (χ3n) is 5.99. The first kappa shape index (κ1) is 25.6. The summed E-state index contributed by atoms with van der Waals surface area (Å²) in [4.78, 5) is 37.3. The van der Waals surface area contributed by atoms with Crippen LogP contribution in [-0.4, -0.2) is 23.1 Å². The van der Waals surface area contributed by atoms with Gasteiger partial charge in [-0.1, -0.05) is 59.8 Å². The Kier molecular flexibility index (Phi) is 11.5. The van der Waals surface area contributed by atoms with Crippen LogP contribution in [-0.2, 0) is 14.4 Å². The third-order valence-corrected chi connectivity index (χ3v) is 5.99. The lowest BCUT2D eigenvalue weighted by atomic mass is 9.59. The smallest absolute Gasteiger partial charge is 0.245 e. The molecule has 158 valence electrons. The molecular formula is C21H41N3O3. The van der Waals surface area contributed by atoms with Crippen molar-refractivity contribution in [3.05, 3.63) is 0 Å². The van der Waals surface area contributed by atoms with Crippen molar-refractivity contribution in [1.29, 1.82) is 0 Å². The normalized spacial score (nSPS) is 16.9. The Bertz CT molecular complexity index is 495. The molecule has 6 heteroatoms. The van der Waals surface area contributed by atoms with Crippen LogP contribution in [0.25, 0.3) is 0 Å². The number of amides is 2. The second-order valence-electron chi connectivity index (χ2n) is 7.87.